The summed E-state index contributed by atoms with van der Waals surface area (Å²) in [6.45, 7) is 2.04. The molecule has 1 atom stereocenters. The highest BCUT2D eigenvalue weighted by molar-refractivity contribution is 5.93. The van der Waals surface area contributed by atoms with Crippen molar-refractivity contribution in [3.05, 3.63) is 89.7 Å². The lowest BCUT2D eigenvalue weighted by Crippen LogP contribution is -2.19. The number of nitrogens with one attached hydrogen (secondary N) is 1. The fourth-order valence-corrected chi connectivity index (χ4v) is 3.02. The zero-order valence-corrected chi connectivity index (χ0v) is 15.4. The van der Waals surface area contributed by atoms with Gasteiger partial charge in [-0.3, -0.25) is 4.79 Å². The number of benzene rings is 2. The molecule has 0 unspecified atom stereocenters. The SMILES string of the molecule is COC(=O)c1ccc(NC(=O)C[C@H](c2cccc(C)c2)n2cccc2)cc1. The van der Waals surface area contributed by atoms with Crippen molar-refractivity contribution in [1.29, 1.82) is 0 Å². The molecule has 0 saturated heterocycles. The summed E-state index contributed by atoms with van der Waals surface area (Å²) in [6.07, 6.45) is 4.23. The summed E-state index contributed by atoms with van der Waals surface area (Å²) in [5, 5.41) is 2.90. The summed E-state index contributed by atoms with van der Waals surface area (Å²) >= 11 is 0. The van der Waals surface area contributed by atoms with Crippen LogP contribution in [0.4, 0.5) is 5.69 Å². The van der Waals surface area contributed by atoms with Crippen LogP contribution in [0.25, 0.3) is 0 Å². The van der Waals surface area contributed by atoms with Gasteiger partial charge in [0.15, 0.2) is 0 Å². The molecule has 3 rings (SSSR count). The Kier molecular flexibility index (Phi) is 5.71. The Morgan fingerprint density at radius 2 is 1.74 bits per heavy atom. The molecule has 1 N–H and O–H groups in total. The van der Waals surface area contributed by atoms with E-state index in [1.54, 1.807) is 24.3 Å². The van der Waals surface area contributed by atoms with Gasteiger partial charge in [0.05, 0.1) is 25.1 Å². The lowest BCUT2D eigenvalue weighted by molar-refractivity contribution is -0.116. The van der Waals surface area contributed by atoms with Gasteiger partial charge in [0.2, 0.25) is 5.91 Å². The molecule has 1 aromatic heterocycles. The molecule has 27 heavy (non-hydrogen) atoms. The molecule has 0 radical (unpaired) electrons. The number of esters is 1. The highest BCUT2D eigenvalue weighted by Crippen LogP contribution is 2.24. The fourth-order valence-electron chi connectivity index (χ4n) is 3.02. The van der Waals surface area contributed by atoms with E-state index in [1.807, 2.05) is 54.2 Å². The predicted molar refractivity (Wildman–Crippen MR) is 105 cm³/mol. The van der Waals surface area contributed by atoms with Crippen molar-refractivity contribution in [3.8, 4) is 0 Å². The second-order valence-corrected chi connectivity index (χ2v) is 6.38. The van der Waals surface area contributed by atoms with Crippen LogP contribution in [0.2, 0.25) is 0 Å². The molecule has 2 aromatic carbocycles. The first kappa shape index (κ1) is 18.5. The lowest BCUT2D eigenvalue weighted by Gasteiger charge is -2.20. The van der Waals surface area contributed by atoms with Gasteiger partial charge >= 0.3 is 5.97 Å². The first-order chi connectivity index (χ1) is 13.1. The Morgan fingerprint density at radius 1 is 1.04 bits per heavy atom. The normalized spacial score (nSPS) is 11.6. The Balaban J connectivity index is 1.74. The van der Waals surface area contributed by atoms with Gasteiger partial charge in [0.1, 0.15) is 0 Å². The van der Waals surface area contributed by atoms with Crippen molar-refractivity contribution in [2.45, 2.75) is 19.4 Å². The standard InChI is InChI=1S/C22H22N2O3/c1-16-6-5-7-18(14-16)20(24-12-3-4-13-24)15-21(25)23-19-10-8-17(9-11-19)22(26)27-2/h3-14,20H,15H2,1-2H3,(H,23,25)/t20-/m1/s1. The van der Waals surface area contributed by atoms with E-state index in [1.165, 1.54) is 7.11 Å². The first-order valence-electron chi connectivity index (χ1n) is 8.74. The molecule has 0 fully saturated rings. The van der Waals surface area contributed by atoms with E-state index < -0.39 is 5.97 Å². The number of aromatic nitrogens is 1. The molecular weight excluding hydrogens is 340 g/mol. The quantitative estimate of drug-likeness (QED) is 0.669. The minimum absolute atomic E-state index is 0.0887. The molecule has 1 heterocycles. The molecule has 0 aliphatic heterocycles. The van der Waals surface area contributed by atoms with Crippen molar-refractivity contribution < 1.29 is 14.3 Å². The molecule has 0 aliphatic carbocycles. The average molecular weight is 362 g/mol. The van der Waals surface area contributed by atoms with E-state index >= 15 is 0 Å². The zero-order valence-electron chi connectivity index (χ0n) is 15.4. The Bertz CT molecular complexity index is 915. The lowest BCUT2D eigenvalue weighted by atomic mass is 10.0. The van der Waals surface area contributed by atoms with Gasteiger partial charge in [-0.2, -0.15) is 0 Å². The highest BCUT2D eigenvalue weighted by atomic mass is 16.5. The highest BCUT2D eigenvalue weighted by Gasteiger charge is 2.18. The number of methoxy groups -OCH3 is 1. The molecule has 1 amide bonds. The molecule has 3 aromatic rings. The minimum Gasteiger partial charge on any atom is -0.465 e. The predicted octanol–water partition coefficient (Wildman–Crippen LogP) is 4.20. The topological polar surface area (TPSA) is 60.3 Å². The second-order valence-electron chi connectivity index (χ2n) is 6.38. The van der Waals surface area contributed by atoms with Crippen LogP contribution >= 0.6 is 0 Å². The smallest absolute Gasteiger partial charge is 0.337 e. The van der Waals surface area contributed by atoms with E-state index in [9.17, 15) is 9.59 Å². The Hall–Kier alpha value is -3.34. The van der Waals surface area contributed by atoms with Gasteiger partial charge in [0.25, 0.3) is 0 Å². The Morgan fingerprint density at radius 3 is 2.37 bits per heavy atom. The average Bonchev–Trinajstić information content (AvgIpc) is 3.20. The number of aryl methyl sites for hydroxylation is 1. The number of nitrogens with zero attached hydrogens (tertiary/aromatic N) is 1. The van der Waals surface area contributed by atoms with Crippen LogP contribution in [0.15, 0.2) is 73.1 Å². The van der Waals surface area contributed by atoms with E-state index in [-0.39, 0.29) is 11.9 Å². The van der Waals surface area contributed by atoms with E-state index in [2.05, 4.69) is 16.1 Å². The maximum absolute atomic E-state index is 12.6. The number of ether oxygens (including phenoxy) is 1. The minimum atomic E-state index is -0.403. The van der Waals surface area contributed by atoms with E-state index in [4.69, 9.17) is 0 Å². The Labute approximate surface area is 158 Å². The molecule has 138 valence electrons. The van der Waals surface area contributed by atoms with Gasteiger partial charge in [0, 0.05) is 18.1 Å². The third-order valence-electron chi connectivity index (χ3n) is 4.38. The maximum Gasteiger partial charge on any atom is 0.337 e. The van der Waals surface area contributed by atoms with Gasteiger partial charge in [-0.1, -0.05) is 29.8 Å². The van der Waals surface area contributed by atoms with Crippen molar-refractivity contribution in [3.63, 3.8) is 0 Å². The van der Waals surface area contributed by atoms with Crippen LogP contribution in [0.5, 0.6) is 0 Å². The fraction of sp³-hybridized carbons (Fsp3) is 0.182. The molecule has 5 heteroatoms. The number of anilines is 1. The summed E-state index contributed by atoms with van der Waals surface area (Å²) in [7, 11) is 1.34. The van der Waals surface area contributed by atoms with Crippen molar-refractivity contribution in [2.24, 2.45) is 0 Å². The van der Waals surface area contributed by atoms with Crippen LogP contribution in [0.3, 0.4) is 0 Å². The third-order valence-corrected chi connectivity index (χ3v) is 4.38. The number of carbonyl (C=O) groups is 2. The van der Waals surface area contributed by atoms with Gasteiger partial charge < -0.3 is 14.6 Å². The van der Waals surface area contributed by atoms with Crippen LogP contribution in [0.1, 0.15) is 33.9 Å². The molecule has 0 aliphatic rings. The molecule has 0 spiro atoms. The summed E-state index contributed by atoms with van der Waals surface area (Å²) in [5.74, 6) is -0.499. The zero-order chi connectivity index (χ0) is 19.2. The number of carbonyl (C=O) groups excluding carboxylic acids is 2. The number of hydrogen-bond donors (Lipinski definition) is 1. The van der Waals surface area contributed by atoms with Gasteiger partial charge in [-0.25, -0.2) is 4.79 Å². The molecule has 0 saturated carbocycles. The summed E-state index contributed by atoms with van der Waals surface area (Å²) in [4.78, 5) is 24.1. The molecule has 0 bridgehead atoms. The largest absolute Gasteiger partial charge is 0.465 e. The van der Waals surface area contributed by atoms with E-state index in [0.717, 1.165) is 11.1 Å². The summed E-state index contributed by atoms with van der Waals surface area (Å²) in [5.41, 5.74) is 3.33. The van der Waals surface area contributed by atoms with Crippen molar-refractivity contribution >= 4 is 17.6 Å². The van der Waals surface area contributed by atoms with Crippen LogP contribution < -0.4 is 5.32 Å². The first-order valence-corrected chi connectivity index (χ1v) is 8.74. The summed E-state index contributed by atoms with van der Waals surface area (Å²) < 4.78 is 6.72. The van der Waals surface area contributed by atoms with Gasteiger partial charge in [-0.05, 0) is 48.9 Å². The number of rotatable bonds is 6. The second kappa shape index (κ2) is 8.36. The third kappa shape index (κ3) is 4.64. The van der Waals surface area contributed by atoms with Crippen LogP contribution in [-0.4, -0.2) is 23.6 Å². The van der Waals surface area contributed by atoms with Crippen LogP contribution in [0, 0.1) is 6.92 Å². The monoisotopic (exact) mass is 362 g/mol. The van der Waals surface area contributed by atoms with Gasteiger partial charge in [-0.15, -0.1) is 0 Å². The molecular formula is C22H22N2O3. The number of hydrogen-bond acceptors (Lipinski definition) is 3. The van der Waals surface area contributed by atoms with Crippen molar-refractivity contribution in [2.75, 3.05) is 12.4 Å². The maximum atomic E-state index is 12.6. The number of amides is 1. The molecule has 5 nitrogen and oxygen atoms in total. The van der Waals surface area contributed by atoms with Crippen molar-refractivity contribution in [1.82, 2.24) is 4.57 Å². The van der Waals surface area contributed by atoms with E-state index in [0.29, 0.717) is 17.7 Å². The van der Waals surface area contributed by atoms with Crippen LogP contribution in [-0.2, 0) is 9.53 Å². The summed E-state index contributed by atoms with van der Waals surface area (Å²) in [6, 6.07) is 18.6.